The molecule has 5 nitrogen and oxygen atoms in total. The van der Waals surface area contributed by atoms with Gasteiger partial charge in [0.15, 0.2) is 6.10 Å². The van der Waals surface area contributed by atoms with E-state index in [-0.39, 0.29) is 5.91 Å². The molecule has 0 radical (unpaired) electrons. The molecule has 16 heavy (non-hydrogen) atoms. The van der Waals surface area contributed by atoms with Crippen LogP contribution in [0, 0.1) is 6.92 Å². The number of amides is 2. The third-order valence-electron chi connectivity index (χ3n) is 2.48. The Labute approximate surface area is 92.6 Å². The van der Waals surface area contributed by atoms with E-state index >= 15 is 0 Å². The summed E-state index contributed by atoms with van der Waals surface area (Å²) in [7, 11) is 0. The number of hydrogen-bond donors (Lipinski definition) is 2. The van der Waals surface area contributed by atoms with Gasteiger partial charge < -0.3 is 15.8 Å². The highest BCUT2D eigenvalue weighted by Gasteiger charge is 2.28. The first kappa shape index (κ1) is 10.5. The number of aryl methyl sites for hydroxylation is 1. The summed E-state index contributed by atoms with van der Waals surface area (Å²) in [6, 6.07) is 5.73. The van der Waals surface area contributed by atoms with E-state index in [4.69, 9.17) is 10.5 Å². The second-order valence-corrected chi connectivity index (χ2v) is 3.78. The van der Waals surface area contributed by atoms with Gasteiger partial charge in [-0.3, -0.25) is 4.79 Å². The Morgan fingerprint density at radius 2 is 2.31 bits per heavy atom. The lowest BCUT2D eigenvalue weighted by Crippen LogP contribution is -2.39. The third kappa shape index (κ3) is 1.98. The Bertz CT molecular complexity index is 457. The van der Waals surface area contributed by atoms with Gasteiger partial charge in [0.05, 0.1) is 0 Å². The van der Waals surface area contributed by atoms with E-state index in [2.05, 4.69) is 5.32 Å². The zero-order valence-corrected chi connectivity index (χ0v) is 8.82. The summed E-state index contributed by atoms with van der Waals surface area (Å²) < 4.78 is 4.72. The van der Waals surface area contributed by atoms with Crippen molar-refractivity contribution in [1.82, 2.24) is 0 Å². The summed E-state index contributed by atoms with van der Waals surface area (Å²) in [6.45, 7) is 1.94. The van der Waals surface area contributed by atoms with Crippen LogP contribution in [0.5, 0.6) is 0 Å². The molecule has 1 aromatic carbocycles. The molecule has 0 aliphatic carbocycles. The Balaban J connectivity index is 2.25. The number of nitrogens with two attached hydrogens (primary N) is 1. The van der Waals surface area contributed by atoms with E-state index in [0.29, 0.717) is 6.42 Å². The molecular formula is C11H12N2O3. The van der Waals surface area contributed by atoms with Crippen molar-refractivity contribution in [3.8, 4) is 0 Å². The zero-order chi connectivity index (χ0) is 11.7. The van der Waals surface area contributed by atoms with Crippen LogP contribution in [0.25, 0.3) is 0 Å². The van der Waals surface area contributed by atoms with E-state index in [0.717, 1.165) is 16.8 Å². The Kier molecular flexibility index (Phi) is 2.52. The highest BCUT2D eigenvalue weighted by Crippen LogP contribution is 2.24. The molecule has 2 rings (SSSR count). The maximum atomic E-state index is 11.6. The SMILES string of the molecule is Cc1ccc2c(c1)NC(=O)[C@H](OC(N)=O)C2. The lowest BCUT2D eigenvalue weighted by Gasteiger charge is -2.24. The molecule has 1 aliphatic heterocycles. The first-order valence-corrected chi connectivity index (χ1v) is 4.93. The summed E-state index contributed by atoms with van der Waals surface area (Å²) in [5, 5.41) is 2.68. The molecule has 0 unspecified atom stereocenters. The van der Waals surface area contributed by atoms with Crippen molar-refractivity contribution in [2.45, 2.75) is 19.4 Å². The molecule has 1 heterocycles. The van der Waals surface area contributed by atoms with Crippen molar-refractivity contribution >= 4 is 17.7 Å². The van der Waals surface area contributed by atoms with Gasteiger partial charge in [-0.2, -0.15) is 0 Å². The van der Waals surface area contributed by atoms with Crippen LogP contribution in [-0.4, -0.2) is 18.1 Å². The van der Waals surface area contributed by atoms with Crippen molar-refractivity contribution in [3.63, 3.8) is 0 Å². The van der Waals surface area contributed by atoms with Crippen LogP contribution in [-0.2, 0) is 16.0 Å². The maximum Gasteiger partial charge on any atom is 0.405 e. The minimum atomic E-state index is -0.935. The fourth-order valence-corrected chi connectivity index (χ4v) is 1.73. The average molecular weight is 220 g/mol. The molecule has 0 fully saturated rings. The van der Waals surface area contributed by atoms with E-state index in [9.17, 15) is 9.59 Å². The number of rotatable bonds is 1. The summed E-state index contributed by atoms with van der Waals surface area (Å²) in [5.74, 6) is -0.336. The first-order valence-electron chi connectivity index (χ1n) is 4.93. The molecule has 2 amide bonds. The quantitative estimate of drug-likeness (QED) is 0.739. The van der Waals surface area contributed by atoms with Crippen LogP contribution >= 0.6 is 0 Å². The molecule has 1 atom stereocenters. The van der Waals surface area contributed by atoms with Gasteiger partial charge in [-0.25, -0.2) is 4.79 Å². The van der Waals surface area contributed by atoms with Crippen molar-refractivity contribution in [2.75, 3.05) is 5.32 Å². The van der Waals surface area contributed by atoms with Gasteiger partial charge in [-0.05, 0) is 24.1 Å². The predicted molar refractivity (Wildman–Crippen MR) is 58.0 cm³/mol. The predicted octanol–water partition coefficient (Wildman–Crippen LogP) is 0.954. The number of benzene rings is 1. The van der Waals surface area contributed by atoms with Gasteiger partial charge in [0.1, 0.15) is 0 Å². The van der Waals surface area contributed by atoms with Crippen molar-refractivity contribution in [1.29, 1.82) is 0 Å². The number of primary amides is 1. The zero-order valence-electron chi connectivity index (χ0n) is 8.82. The van der Waals surface area contributed by atoms with Crippen LogP contribution in [0.15, 0.2) is 18.2 Å². The normalized spacial score (nSPS) is 18.6. The number of fused-ring (bicyclic) bond motifs is 1. The molecule has 1 aromatic rings. The van der Waals surface area contributed by atoms with Gasteiger partial charge in [0.2, 0.25) is 0 Å². The van der Waals surface area contributed by atoms with Crippen LogP contribution in [0.1, 0.15) is 11.1 Å². The van der Waals surface area contributed by atoms with Crippen molar-refractivity contribution in [2.24, 2.45) is 5.73 Å². The van der Waals surface area contributed by atoms with Crippen molar-refractivity contribution in [3.05, 3.63) is 29.3 Å². The highest BCUT2D eigenvalue weighted by atomic mass is 16.6. The molecule has 84 valence electrons. The Morgan fingerprint density at radius 3 is 3.00 bits per heavy atom. The fourth-order valence-electron chi connectivity index (χ4n) is 1.73. The van der Waals surface area contributed by atoms with Gasteiger partial charge in [0.25, 0.3) is 5.91 Å². The number of hydrogen-bond acceptors (Lipinski definition) is 3. The first-order chi connectivity index (χ1) is 7.56. The summed E-state index contributed by atoms with van der Waals surface area (Å²) in [4.78, 5) is 22.2. The van der Waals surface area contributed by atoms with E-state index < -0.39 is 12.2 Å². The number of anilines is 1. The Morgan fingerprint density at radius 1 is 1.56 bits per heavy atom. The summed E-state index contributed by atoms with van der Waals surface area (Å²) in [6.07, 6.45) is -1.40. The lowest BCUT2D eigenvalue weighted by molar-refractivity contribution is -0.124. The Hall–Kier alpha value is -2.04. The van der Waals surface area contributed by atoms with Crippen LogP contribution in [0.3, 0.4) is 0 Å². The summed E-state index contributed by atoms with van der Waals surface area (Å²) >= 11 is 0. The topological polar surface area (TPSA) is 81.4 Å². The second kappa shape index (κ2) is 3.84. The van der Waals surface area contributed by atoms with Gasteiger partial charge in [-0.1, -0.05) is 12.1 Å². The number of nitrogens with one attached hydrogen (secondary N) is 1. The van der Waals surface area contributed by atoms with Crippen LogP contribution in [0.2, 0.25) is 0 Å². The van der Waals surface area contributed by atoms with Gasteiger partial charge in [0, 0.05) is 12.1 Å². The van der Waals surface area contributed by atoms with Gasteiger partial charge in [-0.15, -0.1) is 0 Å². The molecular weight excluding hydrogens is 208 g/mol. The number of carbonyl (C=O) groups excluding carboxylic acids is 2. The summed E-state index contributed by atoms with van der Waals surface area (Å²) in [5.41, 5.74) is 7.67. The second-order valence-electron chi connectivity index (χ2n) is 3.78. The van der Waals surface area contributed by atoms with Gasteiger partial charge >= 0.3 is 6.09 Å². The standard InChI is InChI=1S/C11H12N2O3/c1-6-2-3-7-5-9(16-11(12)15)10(14)13-8(7)4-6/h2-4,9H,5H2,1H3,(H2,12,15)(H,13,14)/t9-/m1/s1. The van der Waals surface area contributed by atoms with Crippen LogP contribution < -0.4 is 11.1 Å². The molecule has 0 saturated carbocycles. The molecule has 0 spiro atoms. The molecule has 1 aliphatic rings. The molecule has 0 bridgehead atoms. The minimum Gasteiger partial charge on any atom is -0.436 e. The molecule has 5 heteroatoms. The molecule has 0 saturated heterocycles. The van der Waals surface area contributed by atoms with E-state index in [1.807, 2.05) is 25.1 Å². The lowest BCUT2D eigenvalue weighted by atomic mass is 9.99. The van der Waals surface area contributed by atoms with Crippen molar-refractivity contribution < 1.29 is 14.3 Å². The largest absolute Gasteiger partial charge is 0.436 e. The average Bonchev–Trinajstić information content (AvgIpc) is 2.19. The number of ether oxygens (including phenoxy) is 1. The number of carbonyl (C=O) groups is 2. The monoisotopic (exact) mass is 220 g/mol. The maximum absolute atomic E-state index is 11.6. The fraction of sp³-hybridized carbons (Fsp3) is 0.273. The molecule has 3 N–H and O–H groups in total. The van der Waals surface area contributed by atoms with E-state index in [1.165, 1.54) is 0 Å². The smallest absolute Gasteiger partial charge is 0.405 e. The van der Waals surface area contributed by atoms with Crippen LogP contribution in [0.4, 0.5) is 10.5 Å². The molecule has 0 aromatic heterocycles. The highest BCUT2D eigenvalue weighted by molar-refractivity contribution is 5.98. The minimum absolute atomic E-state index is 0.336. The van der Waals surface area contributed by atoms with E-state index in [1.54, 1.807) is 0 Å². The third-order valence-corrected chi connectivity index (χ3v) is 2.48.